The fourth-order valence-corrected chi connectivity index (χ4v) is 2.95. The minimum Gasteiger partial charge on any atom is -0.325 e. The minimum absolute atomic E-state index is 0.191. The van der Waals surface area contributed by atoms with Crippen molar-refractivity contribution in [3.05, 3.63) is 59.4 Å². The van der Waals surface area contributed by atoms with E-state index in [0.717, 1.165) is 16.8 Å². The SMILES string of the molecule is Cc1cccc(N2CC[C@H](C(=O)Nc3ccc(F)cc3)C2=O)c1C. The first-order valence-electron chi connectivity index (χ1n) is 7.91. The molecule has 1 heterocycles. The first-order valence-corrected chi connectivity index (χ1v) is 7.91. The molecular formula is C19H19FN2O2. The van der Waals surface area contributed by atoms with Crippen molar-refractivity contribution >= 4 is 23.2 Å². The third-order valence-corrected chi connectivity index (χ3v) is 4.50. The van der Waals surface area contributed by atoms with Crippen LogP contribution in [0.25, 0.3) is 0 Å². The van der Waals surface area contributed by atoms with Gasteiger partial charge < -0.3 is 10.2 Å². The lowest BCUT2D eigenvalue weighted by Crippen LogP contribution is -2.33. The first kappa shape index (κ1) is 16.2. The number of carbonyl (C=O) groups excluding carboxylic acids is 2. The van der Waals surface area contributed by atoms with Crippen molar-refractivity contribution < 1.29 is 14.0 Å². The van der Waals surface area contributed by atoms with Crippen LogP contribution in [0.4, 0.5) is 15.8 Å². The summed E-state index contributed by atoms with van der Waals surface area (Å²) in [6, 6.07) is 11.3. The van der Waals surface area contributed by atoms with E-state index in [1.165, 1.54) is 24.3 Å². The number of carbonyl (C=O) groups is 2. The molecule has 0 aliphatic carbocycles. The third kappa shape index (κ3) is 3.02. The summed E-state index contributed by atoms with van der Waals surface area (Å²) in [5, 5.41) is 2.69. The number of amides is 2. The zero-order chi connectivity index (χ0) is 17.3. The normalized spacial score (nSPS) is 17.2. The van der Waals surface area contributed by atoms with Gasteiger partial charge in [-0.25, -0.2) is 4.39 Å². The molecule has 1 saturated heterocycles. The Morgan fingerprint density at radius 1 is 1.17 bits per heavy atom. The van der Waals surface area contributed by atoms with Crippen LogP contribution in [0.5, 0.6) is 0 Å². The fraction of sp³-hybridized carbons (Fsp3) is 0.263. The second kappa shape index (κ2) is 6.43. The number of benzene rings is 2. The quantitative estimate of drug-likeness (QED) is 0.879. The van der Waals surface area contributed by atoms with E-state index in [1.807, 2.05) is 32.0 Å². The van der Waals surface area contributed by atoms with Gasteiger partial charge in [0.05, 0.1) is 0 Å². The largest absolute Gasteiger partial charge is 0.325 e. The average molecular weight is 326 g/mol. The molecule has 4 nitrogen and oxygen atoms in total. The van der Waals surface area contributed by atoms with Crippen molar-refractivity contribution in [2.24, 2.45) is 5.92 Å². The minimum atomic E-state index is -0.713. The number of nitrogens with one attached hydrogen (secondary N) is 1. The van der Waals surface area contributed by atoms with Gasteiger partial charge in [-0.15, -0.1) is 0 Å². The van der Waals surface area contributed by atoms with Crippen LogP contribution in [0.15, 0.2) is 42.5 Å². The summed E-state index contributed by atoms with van der Waals surface area (Å²) in [5.41, 5.74) is 3.50. The predicted molar refractivity (Wildman–Crippen MR) is 91.4 cm³/mol. The molecule has 2 aromatic rings. The molecule has 24 heavy (non-hydrogen) atoms. The second-order valence-electron chi connectivity index (χ2n) is 6.05. The number of hydrogen-bond donors (Lipinski definition) is 1. The highest BCUT2D eigenvalue weighted by molar-refractivity contribution is 6.13. The van der Waals surface area contributed by atoms with Crippen LogP contribution >= 0.6 is 0 Å². The Labute approximate surface area is 140 Å². The summed E-state index contributed by atoms with van der Waals surface area (Å²) < 4.78 is 12.9. The second-order valence-corrected chi connectivity index (χ2v) is 6.05. The van der Waals surface area contributed by atoms with Crippen molar-refractivity contribution in [1.29, 1.82) is 0 Å². The van der Waals surface area contributed by atoms with Crippen LogP contribution in [0.2, 0.25) is 0 Å². The lowest BCUT2D eigenvalue weighted by atomic mass is 10.1. The molecule has 1 fully saturated rings. The number of halogens is 1. The molecule has 3 rings (SSSR count). The molecule has 124 valence electrons. The molecule has 2 amide bonds. The lowest BCUT2D eigenvalue weighted by molar-refractivity contribution is -0.129. The molecule has 0 bridgehead atoms. The molecule has 1 N–H and O–H groups in total. The topological polar surface area (TPSA) is 49.4 Å². The molecule has 0 unspecified atom stereocenters. The molecule has 5 heteroatoms. The van der Waals surface area contributed by atoms with E-state index in [-0.39, 0.29) is 17.6 Å². The number of hydrogen-bond acceptors (Lipinski definition) is 2. The first-order chi connectivity index (χ1) is 11.5. The van der Waals surface area contributed by atoms with E-state index in [2.05, 4.69) is 5.32 Å². The van der Waals surface area contributed by atoms with Gasteiger partial charge in [-0.2, -0.15) is 0 Å². The van der Waals surface area contributed by atoms with Gasteiger partial charge in [0.15, 0.2) is 0 Å². The number of rotatable bonds is 3. The molecule has 1 aliphatic heterocycles. The monoisotopic (exact) mass is 326 g/mol. The predicted octanol–water partition coefficient (Wildman–Crippen LogP) is 3.43. The van der Waals surface area contributed by atoms with Crippen LogP contribution < -0.4 is 10.2 Å². The van der Waals surface area contributed by atoms with Crippen LogP contribution in [-0.4, -0.2) is 18.4 Å². The van der Waals surface area contributed by atoms with Gasteiger partial charge in [0.1, 0.15) is 11.7 Å². The van der Waals surface area contributed by atoms with E-state index >= 15 is 0 Å². The third-order valence-electron chi connectivity index (χ3n) is 4.50. The molecule has 0 aromatic heterocycles. The van der Waals surface area contributed by atoms with E-state index in [9.17, 15) is 14.0 Å². The van der Waals surface area contributed by atoms with Gasteiger partial charge >= 0.3 is 0 Å². The van der Waals surface area contributed by atoms with Crippen molar-refractivity contribution in [2.75, 3.05) is 16.8 Å². The summed E-state index contributed by atoms with van der Waals surface area (Å²) >= 11 is 0. The van der Waals surface area contributed by atoms with Gasteiger partial charge in [0, 0.05) is 17.9 Å². The summed E-state index contributed by atoms with van der Waals surface area (Å²) in [5.74, 6) is -1.62. The lowest BCUT2D eigenvalue weighted by Gasteiger charge is -2.20. The van der Waals surface area contributed by atoms with Crippen molar-refractivity contribution in [3.63, 3.8) is 0 Å². The molecule has 1 atom stereocenters. The zero-order valence-corrected chi connectivity index (χ0v) is 13.7. The number of aryl methyl sites for hydroxylation is 1. The Morgan fingerprint density at radius 2 is 1.88 bits per heavy atom. The maximum absolute atomic E-state index is 12.9. The molecule has 0 radical (unpaired) electrons. The van der Waals surface area contributed by atoms with Gasteiger partial charge in [0.25, 0.3) is 0 Å². The molecule has 2 aromatic carbocycles. The van der Waals surface area contributed by atoms with E-state index in [1.54, 1.807) is 4.90 Å². The fourth-order valence-electron chi connectivity index (χ4n) is 2.95. The maximum atomic E-state index is 12.9. The average Bonchev–Trinajstić information content (AvgIpc) is 2.94. The van der Waals surface area contributed by atoms with Crippen LogP contribution in [-0.2, 0) is 9.59 Å². The van der Waals surface area contributed by atoms with Gasteiger partial charge in [-0.05, 0) is 61.7 Å². The zero-order valence-electron chi connectivity index (χ0n) is 13.7. The Morgan fingerprint density at radius 3 is 2.58 bits per heavy atom. The molecule has 1 aliphatic rings. The van der Waals surface area contributed by atoms with E-state index in [4.69, 9.17) is 0 Å². The summed E-state index contributed by atoms with van der Waals surface area (Å²) in [6.07, 6.45) is 0.471. The Kier molecular flexibility index (Phi) is 4.34. The summed E-state index contributed by atoms with van der Waals surface area (Å²) in [6.45, 7) is 4.49. The van der Waals surface area contributed by atoms with Crippen molar-refractivity contribution in [3.8, 4) is 0 Å². The number of anilines is 2. The molecule has 0 spiro atoms. The molecular weight excluding hydrogens is 307 g/mol. The highest BCUT2D eigenvalue weighted by atomic mass is 19.1. The Hall–Kier alpha value is -2.69. The van der Waals surface area contributed by atoms with Gasteiger partial charge in [0.2, 0.25) is 11.8 Å². The van der Waals surface area contributed by atoms with Crippen LogP contribution in [0.1, 0.15) is 17.5 Å². The maximum Gasteiger partial charge on any atom is 0.239 e. The number of nitrogens with zero attached hydrogens (tertiary/aromatic N) is 1. The van der Waals surface area contributed by atoms with Crippen molar-refractivity contribution in [1.82, 2.24) is 0 Å². The van der Waals surface area contributed by atoms with Crippen molar-refractivity contribution in [2.45, 2.75) is 20.3 Å². The van der Waals surface area contributed by atoms with Gasteiger partial charge in [-0.1, -0.05) is 12.1 Å². The Balaban J connectivity index is 1.75. The molecule has 0 saturated carbocycles. The summed E-state index contributed by atoms with van der Waals surface area (Å²) in [4.78, 5) is 26.7. The highest BCUT2D eigenvalue weighted by Crippen LogP contribution is 2.30. The van der Waals surface area contributed by atoms with E-state index in [0.29, 0.717) is 18.7 Å². The van der Waals surface area contributed by atoms with Crippen LogP contribution in [0.3, 0.4) is 0 Å². The smallest absolute Gasteiger partial charge is 0.239 e. The van der Waals surface area contributed by atoms with Crippen LogP contribution in [0, 0.1) is 25.6 Å². The standard InChI is InChI=1S/C19H19FN2O2/c1-12-4-3-5-17(13(12)2)22-11-10-16(19(22)24)18(23)21-15-8-6-14(20)7-9-15/h3-9,16H,10-11H2,1-2H3,(H,21,23)/t16-/m1/s1. The van der Waals surface area contributed by atoms with Gasteiger partial charge in [-0.3, -0.25) is 9.59 Å². The van der Waals surface area contributed by atoms with E-state index < -0.39 is 5.92 Å². The highest BCUT2D eigenvalue weighted by Gasteiger charge is 2.38. The Bertz CT molecular complexity index is 786. The summed E-state index contributed by atoms with van der Waals surface area (Å²) in [7, 11) is 0.